The maximum absolute atomic E-state index is 9.95. The number of pyridine rings is 1. The van der Waals surface area contributed by atoms with Gasteiger partial charge in [-0.2, -0.15) is 0 Å². The Morgan fingerprint density at radius 3 is 2.69 bits per heavy atom. The Kier molecular flexibility index (Phi) is 1.83. The lowest BCUT2D eigenvalue weighted by atomic mass is 10.0. The van der Waals surface area contributed by atoms with Gasteiger partial charge >= 0.3 is 0 Å². The second-order valence-electron chi connectivity index (χ2n) is 3.97. The van der Waals surface area contributed by atoms with Gasteiger partial charge < -0.3 is 5.11 Å². The molecular weight excluding hydrogens is 198 g/mol. The van der Waals surface area contributed by atoms with E-state index in [0.29, 0.717) is 5.75 Å². The molecular formula is C14H11NO. The third kappa shape index (κ3) is 1.16. The summed E-state index contributed by atoms with van der Waals surface area (Å²) in [6.07, 6.45) is 1.85. The molecule has 3 aromatic rings. The molecule has 2 nitrogen and oxygen atoms in total. The highest BCUT2D eigenvalue weighted by Gasteiger charge is 2.07. The molecule has 0 spiro atoms. The molecule has 0 fully saturated rings. The molecule has 0 bridgehead atoms. The van der Waals surface area contributed by atoms with E-state index in [4.69, 9.17) is 0 Å². The van der Waals surface area contributed by atoms with Crippen LogP contribution in [-0.4, -0.2) is 10.1 Å². The first-order chi connectivity index (χ1) is 7.77. The predicted octanol–water partition coefficient (Wildman–Crippen LogP) is 3.40. The zero-order valence-electron chi connectivity index (χ0n) is 8.94. The van der Waals surface area contributed by atoms with Crippen molar-refractivity contribution >= 4 is 21.7 Å². The number of phenols is 1. The van der Waals surface area contributed by atoms with Gasteiger partial charge in [-0.25, -0.2) is 0 Å². The molecule has 0 aliphatic heterocycles. The van der Waals surface area contributed by atoms with Crippen LogP contribution in [-0.2, 0) is 0 Å². The van der Waals surface area contributed by atoms with E-state index in [-0.39, 0.29) is 0 Å². The fraction of sp³-hybridized carbons (Fsp3) is 0.0714. The summed E-state index contributed by atoms with van der Waals surface area (Å²) >= 11 is 0. The van der Waals surface area contributed by atoms with Gasteiger partial charge in [0.1, 0.15) is 5.75 Å². The quantitative estimate of drug-likeness (QED) is 0.575. The highest BCUT2D eigenvalue weighted by atomic mass is 16.3. The maximum atomic E-state index is 9.95. The molecule has 2 aromatic carbocycles. The molecule has 0 radical (unpaired) electrons. The summed E-state index contributed by atoms with van der Waals surface area (Å²) in [6.45, 7) is 2.05. The summed E-state index contributed by atoms with van der Waals surface area (Å²) < 4.78 is 0. The number of aryl methyl sites for hydroxylation is 1. The summed E-state index contributed by atoms with van der Waals surface area (Å²) in [5, 5.41) is 13.0. The molecule has 1 N–H and O–H groups in total. The number of aromatic hydroxyl groups is 1. The zero-order valence-corrected chi connectivity index (χ0v) is 8.94. The minimum absolute atomic E-state index is 0.296. The van der Waals surface area contributed by atoms with Crippen LogP contribution in [0.3, 0.4) is 0 Å². The number of fused-ring (bicyclic) bond motifs is 3. The van der Waals surface area contributed by atoms with Gasteiger partial charge in [-0.05, 0) is 30.0 Å². The van der Waals surface area contributed by atoms with Crippen LogP contribution in [0.1, 0.15) is 5.56 Å². The summed E-state index contributed by atoms with van der Waals surface area (Å²) in [7, 11) is 0. The first-order valence-corrected chi connectivity index (χ1v) is 5.23. The third-order valence-corrected chi connectivity index (χ3v) is 2.92. The first-order valence-electron chi connectivity index (χ1n) is 5.23. The van der Waals surface area contributed by atoms with Gasteiger partial charge in [-0.3, -0.25) is 4.98 Å². The van der Waals surface area contributed by atoms with Crippen molar-refractivity contribution < 1.29 is 5.11 Å². The van der Waals surface area contributed by atoms with Crippen molar-refractivity contribution in [3.63, 3.8) is 0 Å². The third-order valence-electron chi connectivity index (χ3n) is 2.92. The van der Waals surface area contributed by atoms with Crippen LogP contribution < -0.4 is 0 Å². The minimum atomic E-state index is 0.296. The fourth-order valence-electron chi connectivity index (χ4n) is 2.17. The molecule has 1 aromatic heterocycles. The molecule has 2 heteroatoms. The Labute approximate surface area is 93.2 Å². The van der Waals surface area contributed by atoms with Crippen LogP contribution in [0.2, 0.25) is 0 Å². The summed E-state index contributed by atoms with van der Waals surface area (Å²) in [6, 6.07) is 11.5. The van der Waals surface area contributed by atoms with Crippen LogP contribution in [0, 0.1) is 6.92 Å². The Bertz CT molecular complexity index is 628. The molecule has 0 amide bonds. The molecule has 0 unspecified atom stereocenters. The van der Waals surface area contributed by atoms with E-state index < -0.39 is 0 Å². The monoisotopic (exact) mass is 209 g/mol. The second kappa shape index (κ2) is 3.20. The SMILES string of the molecule is Cc1cccc2cnc3cccc(O)c3c12. The Hall–Kier alpha value is -2.09. The smallest absolute Gasteiger partial charge is 0.125 e. The van der Waals surface area contributed by atoms with E-state index in [0.717, 1.165) is 27.2 Å². The van der Waals surface area contributed by atoms with Crippen LogP contribution in [0.15, 0.2) is 42.6 Å². The summed E-state index contributed by atoms with van der Waals surface area (Å²) in [5.41, 5.74) is 1.99. The van der Waals surface area contributed by atoms with Crippen molar-refractivity contribution in [3.05, 3.63) is 48.2 Å². The van der Waals surface area contributed by atoms with Crippen molar-refractivity contribution in [1.82, 2.24) is 4.98 Å². The van der Waals surface area contributed by atoms with Crippen LogP contribution in [0.5, 0.6) is 5.75 Å². The Morgan fingerprint density at radius 2 is 1.81 bits per heavy atom. The number of hydrogen-bond donors (Lipinski definition) is 1. The van der Waals surface area contributed by atoms with Crippen LogP contribution >= 0.6 is 0 Å². The molecule has 3 rings (SSSR count). The number of nitrogens with zero attached hydrogens (tertiary/aromatic N) is 1. The van der Waals surface area contributed by atoms with E-state index in [9.17, 15) is 5.11 Å². The first kappa shape index (κ1) is 9.16. The van der Waals surface area contributed by atoms with Gasteiger partial charge in [-0.1, -0.05) is 24.3 Å². The Morgan fingerprint density at radius 1 is 1.00 bits per heavy atom. The van der Waals surface area contributed by atoms with Gasteiger partial charge in [0.2, 0.25) is 0 Å². The number of hydrogen-bond acceptors (Lipinski definition) is 2. The Balaban J connectivity index is 2.67. The molecule has 1 heterocycles. The van der Waals surface area contributed by atoms with Crippen molar-refractivity contribution in [2.24, 2.45) is 0 Å². The average molecular weight is 209 g/mol. The second-order valence-corrected chi connectivity index (χ2v) is 3.97. The van der Waals surface area contributed by atoms with E-state index in [1.807, 2.05) is 43.5 Å². The molecule has 78 valence electrons. The van der Waals surface area contributed by atoms with Crippen LogP contribution in [0.4, 0.5) is 0 Å². The number of benzene rings is 2. The maximum Gasteiger partial charge on any atom is 0.125 e. The lowest BCUT2D eigenvalue weighted by molar-refractivity contribution is 0.482. The topological polar surface area (TPSA) is 33.1 Å². The van der Waals surface area contributed by atoms with Crippen molar-refractivity contribution in [2.45, 2.75) is 6.92 Å². The minimum Gasteiger partial charge on any atom is -0.507 e. The number of aromatic nitrogens is 1. The fourth-order valence-corrected chi connectivity index (χ4v) is 2.17. The van der Waals surface area contributed by atoms with Gasteiger partial charge in [0.15, 0.2) is 0 Å². The zero-order chi connectivity index (χ0) is 11.1. The van der Waals surface area contributed by atoms with Crippen molar-refractivity contribution in [3.8, 4) is 5.75 Å². The molecule has 0 saturated heterocycles. The van der Waals surface area contributed by atoms with Crippen molar-refractivity contribution in [1.29, 1.82) is 0 Å². The highest BCUT2D eigenvalue weighted by molar-refractivity contribution is 6.09. The van der Waals surface area contributed by atoms with Crippen molar-refractivity contribution in [2.75, 3.05) is 0 Å². The predicted molar refractivity (Wildman–Crippen MR) is 65.7 cm³/mol. The molecule has 0 saturated carbocycles. The normalized spacial score (nSPS) is 11.1. The van der Waals surface area contributed by atoms with Crippen LogP contribution in [0.25, 0.3) is 21.7 Å². The summed E-state index contributed by atoms with van der Waals surface area (Å²) in [4.78, 5) is 4.35. The number of rotatable bonds is 0. The van der Waals surface area contributed by atoms with E-state index >= 15 is 0 Å². The van der Waals surface area contributed by atoms with E-state index in [1.54, 1.807) is 6.07 Å². The van der Waals surface area contributed by atoms with E-state index in [1.165, 1.54) is 0 Å². The molecule has 16 heavy (non-hydrogen) atoms. The molecule has 0 aliphatic rings. The number of phenolic OH excluding ortho intramolecular Hbond substituents is 1. The van der Waals surface area contributed by atoms with Gasteiger partial charge in [0, 0.05) is 11.6 Å². The molecule has 0 atom stereocenters. The largest absolute Gasteiger partial charge is 0.507 e. The van der Waals surface area contributed by atoms with E-state index in [2.05, 4.69) is 4.98 Å². The molecule has 0 aliphatic carbocycles. The van der Waals surface area contributed by atoms with Gasteiger partial charge in [-0.15, -0.1) is 0 Å². The lowest BCUT2D eigenvalue weighted by Gasteiger charge is -2.07. The standard InChI is InChI=1S/C14H11NO/c1-9-4-2-5-10-8-15-11-6-3-7-12(16)14(11)13(9)10/h2-8,16H,1H3. The van der Waals surface area contributed by atoms with Gasteiger partial charge in [0.05, 0.1) is 10.9 Å². The average Bonchev–Trinajstić information content (AvgIpc) is 2.29. The van der Waals surface area contributed by atoms with Gasteiger partial charge in [0.25, 0.3) is 0 Å². The highest BCUT2D eigenvalue weighted by Crippen LogP contribution is 2.32. The lowest BCUT2D eigenvalue weighted by Crippen LogP contribution is -1.85. The summed E-state index contributed by atoms with van der Waals surface area (Å²) in [5.74, 6) is 0.296.